The van der Waals surface area contributed by atoms with Crippen molar-refractivity contribution in [2.24, 2.45) is 0 Å². The topological polar surface area (TPSA) is 37.8 Å². The first kappa shape index (κ1) is 13.6. The summed E-state index contributed by atoms with van der Waals surface area (Å²) in [7, 11) is 0. The monoisotopic (exact) mass is 329 g/mol. The van der Waals surface area contributed by atoms with Gasteiger partial charge in [0.2, 0.25) is 0 Å². The van der Waals surface area contributed by atoms with E-state index in [4.69, 9.17) is 0 Å². The molecule has 6 heteroatoms. The summed E-state index contributed by atoms with van der Waals surface area (Å²) in [6.45, 7) is 2.89. The maximum atomic E-state index is 13.3. The lowest BCUT2D eigenvalue weighted by Crippen LogP contribution is -2.22. The molecule has 0 saturated heterocycles. The average Bonchev–Trinajstić information content (AvgIpc) is 2.80. The van der Waals surface area contributed by atoms with E-state index in [0.29, 0.717) is 6.42 Å². The van der Waals surface area contributed by atoms with Gasteiger partial charge in [-0.1, -0.05) is 27.3 Å². The van der Waals surface area contributed by atoms with Gasteiger partial charge in [0.1, 0.15) is 5.82 Å². The zero-order valence-corrected chi connectivity index (χ0v) is 12.3. The average molecular weight is 330 g/mol. The van der Waals surface area contributed by atoms with Crippen LogP contribution >= 0.6 is 27.5 Å². The normalized spacial score (nSPS) is 12.6. The van der Waals surface area contributed by atoms with E-state index in [1.165, 1.54) is 17.6 Å². The smallest absolute Gasteiger partial charge is 0.124 e. The zero-order valence-electron chi connectivity index (χ0n) is 9.86. The van der Waals surface area contributed by atoms with E-state index in [2.05, 4.69) is 30.8 Å². The Hall–Kier alpha value is -0.850. The third kappa shape index (κ3) is 3.57. The van der Waals surface area contributed by atoms with E-state index in [9.17, 15) is 4.39 Å². The van der Waals surface area contributed by atoms with Crippen molar-refractivity contribution in [3.05, 3.63) is 45.1 Å². The lowest BCUT2D eigenvalue weighted by molar-refractivity contribution is 0.553. The SMILES string of the molecule is CCNC(Cc1cc(F)cc(Br)c1)c1cnns1. The minimum absolute atomic E-state index is 0.128. The van der Waals surface area contributed by atoms with Gasteiger partial charge in [-0.3, -0.25) is 0 Å². The molecule has 0 radical (unpaired) electrons. The molecule has 0 aliphatic heterocycles. The standard InChI is InChI=1S/C12H13BrFN3S/c1-2-15-11(12-7-16-17-18-12)5-8-3-9(13)6-10(14)4-8/h3-4,6-7,11,15H,2,5H2,1H3. The van der Waals surface area contributed by atoms with Crippen molar-refractivity contribution in [2.75, 3.05) is 6.54 Å². The molecular weight excluding hydrogens is 317 g/mol. The molecule has 2 aromatic rings. The van der Waals surface area contributed by atoms with Crippen LogP contribution in [-0.4, -0.2) is 16.1 Å². The molecule has 0 bridgehead atoms. The molecule has 0 aliphatic carbocycles. The molecule has 2 rings (SSSR count). The second kappa shape index (κ2) is 6.36. The number of hydrogen-bond donors (Lipinski definition) is 1. The molecule has 0 amide bonds. The van der Waals surface area contributed by atoms with Crippen LogP contribution in [0.2, 0.25) is 0 Å². The highest BCUT2D eigenvalue weighted by atomic mass is 79.9. The fraction of sp³-hybridized carbons (Fsp3) is 0.333. The second-order valence-electron chi connectivity index (χ2n) is 3.91. The van der Waals surface area contributed by atoms with Crippen LogP contribution in [-0.2, 0) is 6.42 Å². The van der Waals surface area contributed by atoms with Crippen LogP contribution in [0.25, 0.3) is 0 Å². The first-order valence-electron chi connectivity index (χ1n) is 5.64. The first-order chi connectivity index (χ1) is 8.69. The van der Waals surface area contributed by atoms with Gasteiger partial charge in [0.05, 0.1) is 11.1 Å². The molecular formula is C12H13BrFN3S. The molecule has 1 aromatic carbocycles. The van der Waals surface area contributed by atoms with E-state index in [1.54, 1.807) is 12.3 Å². The summed E-state index contributed by atoms with van der Waals surface area (Å²) in [5, 5.41) is 7.21. The summed E-state index contributed by atoms with van der Waals surface area (Å²) in [5.41, 5.74) is 0.946. The van der Waals surface area contributed by atoms with Gasteiger partial charge in [0.25, 0.3) is 0 Å². The predicted molar refractivity (Wildman–Crippen MR) is 74.1 cm³/mol. The molecule has 1 unspecified atom stereocenters. The largest absolute Gasteiger partial charge is 0.309 e. The van der Waals surface area contributed by atoms with Crippen molar-refractivity contribution in [1.82, 2.24) is 14.9 Å². The quantitative estimate of drug-likeness (QED) is 0.914. The summed E-state index contributed by atoms with van der Waals surface area (Å²) in [6, 6.07) is 5.08. The molecule has 1 aromatic heterocycles. The molecule has 18 heavy (non-hydrogen) atoms. The first-order valence-corrected chi connectivity index (χ1v) is 7.21. The Balaban J connectivity index is 2.18. The minimum Gasteiger partial charge on any atom is -0.309 e. The van der Waals surface area contributed by atoms with Gasteiger partial charge in [-0.2, -0.15) is 0 Å². The van der Waals surface area contributed by atoms with Crippen molar-refractivity contribution in [2.45, 2.75) is 19.4 Å². The molecule has 0 spiro atoms. The molecule has 1 N–H and O–H groups in total. The van der Waals surface area contributed by atoms with E-state index in [0.717, 1.165) is 21.5 Å². The number of rotatable bonds is 5. The highest BCUT2D eigenvalue weighted by molar-refractivity contribution is 9.10. The van der Waals surface area contributed by atoms with Crippen LogP contribution < -0.4 is 5.32 Å². The van der Waals surface area contributed by atoms with Gasteiger partial charge < -0.3 is 5.32 Å². The second-order valence-corrected chi connectivity index (χ2v) is 5.64. The highest BCUT2D eigenvalue weighted by Crippen LogP contribution is 2.23. The Morgan fingerprint density at radius 2 is 2.28 bits per heavy atom. The van der Waals surface area contributed by atoms with Crippen molar-refractivity contribution in [1.29, 1.82) is 0 Å². The van der Waals surface area contributed by atoms with E-state index >= 15 is 0 Å². The molecule has 0 saturated carbocycles. The van der Waals surface area contributed by atoms with Crippen LogP contribution in [0.15, 0.2) is 28.9 Å². The number of halogens is 2. The summed E-state index contributed by atoms with van der Waals surface area (Å²) in [6.07, 6.45) is 2.47. The Labute approximate surface area is 118 Å². The fourth-order valence-corrected chi connectivity index (χ4v) is 2.90. The molecule has 3 nitrogen and oxygen atoms in total. The predicted octanol–water partition coefficient (Wildman–Crippen LogP) is 3.33. The van der Waals surface area contributed by atoms with E-state index < -0.39 is 0 Å². The van der Waals surface area contributed by atoms with Gasteiger partial charge in [-0.15, -0.1) is 5.10 Å². The van der Waals surface area contributed by atoms with Crippen LogP contribution in [0.4, 0.5) is 4.39 Å². The number of likely N-dealkylation sites (N-methyl/N-ethyl adjacent to an activating group) is 1. The number of nitrogens with one attached hydrogen (secondary N) is 1. The van der Waals surface area contributed by atoms with Crippen molar-refractivity contribution >= 4 is 27.5 Å². The Morgan fingerprint density at radius 1 is 1.44 bits per heavy atom. The van der Waals surface area contributed by atoms with Gasteiger partial charge in [-0.05, 0) is 48.3 Å². The van der Waals surface area contributed by atoms with Crippen molar-refractivity contribution < 1.29 is 4.39 Å². The van der Waals surface area contributed by atoms with Gasteiger partial charge in [0, 0.05) is 10.5 Å². The van der Waals surface area contributed by atoms with Crippen LogP contribution in [0.5, 0.6) is 0 Å². The fourth-order valence-electron chi connectivity index (χ4n) is 1.81. The lowest BCUT2D eigenvalue weighted by Gasteiger charge is -2.15. The molecule has 96 valence electrons. The Bertz CT molecular complexity index is 484. The number of aromatic nitrogens is 2. The van der Waals surface area contributed by atoms with Gasteiger partial charge in [0.15, 0.2) is 0 Å². The van der Waals surface area contributed by atoms with Crippen molar-refractivity contribution in [3.8, 4) is 0 Å². The summed E-state index contributed by atoms with van der Waals surface area (Å²) < 4.78 is 18.0. The van der Waals surface area contributed by atoms with E-state index in [1.807, 2.05) is 13.0 Å². The summed E-state index contributed by atoms with van der Waals surface area (Å²) in [5.74, 6) is -0.225. The van der Waals surface area contributed by atoms with Gasteiger partial charge in [-0.25, -0.2) is 4.39 Å². The lowest BCUT2D eigenvalue weighted by atomic mass is 10.0. The Kier molecular flexibility index (Phi) is 4.79. The van der Waals surface area contributed by atoms with Crippen molar-refractivity contribution in [3.63, 3.8) is 0 Å². The molecule has 1 atom stereocenters. The van der Waals surface area contributed by atoms with Crippen LogP contribution in [0.1, 0.15) is 23.4 Å². The molecule has 0 fully saturated rings. The highest BCUT2D eigenvalue weighted by Gasteiger charge is 2.14. The third-order valence-corrected chi connectivity index (χ3v) is 3.77. The minimum atomic E-state index is -0.225. The molecule has 0 aliphatic rings. The number of benzene rings is 1. The number of hydrogen-bond acceptors (Lipinski definition) is 4. The van der Waals surface area contributed by atoms with E-state index in [-0.39, 0.29) is 11.9 Å². The Morgan fingerprint density at radius 3 is 2.89 bits per heavy atom. The zero-order chi connectivity index (χ0) is 13.0. The molecule has 1 heterocycles. The summed E-state index contributed by atoms with van der Waals surface area (Å²) >= 11 is 4.68. The summed E-state index contributed by atoms with van der Waals surface area (Å²) in [4.78, 5) is 1.07. The maximum absolute atomic E-state index is 13.3. The van der Waals surface area contributed by atoms with Crippen LogP contribution in [0, 0.1) is 5.82 Å². The van der Waals surface area contributed by atoms with Crippen LogP contribution in [0.3, 0.4) is 0 Å². The maximum Gasteiger partial charge on any atom is 0.124 e. The number of nitrogens with zero attached hydrogens (tertiary/aromatic N) is 2. The third-order valence-electron chi connectivity index (χ3n) is 2.53. The van der Waals surface area contributed by atoms with Gasteiger partial charge >= 0.3 is 0 Å².